The lowest BCUT2D eigenvalue weighted by Crippen LogP contribution is -2.54. The van der Waals surface area contributed by atoms with E-state index in [1.807, 2.05) is 30.0 Å². The molecule has 116 valence electrons. The first kappa shape index (κ1) is 15.8. The number of carbonyl (C=O) groups is 1. The lowest BCUT2D eigenvalue weighted by atomic mass is 10.0. The Balaban J connectivity index is 2.04. The van der Waals surface area contributed by atoms with E-state index in [-0.39, 0.29) is 11.4 Å². The fourth-order valence-corrected chi connectivity index (χ4v) is 2.72. The Morgan fingerprint density at radius 3 is 2.29 bits per heavy atom. The summed E-state index contributed by atoms with van der Waals surface area (Å²) in [4.78, 5) is 16.9. The zero-order chi connectivity index (χ0) is 15.6. The molecule has 21 heavy (non-hydrogen) atoms. The molecule has 1 aliphatic rings. The number of carbonyl (C=O) groups excluding carboxylic acids is 1. The maximum absolute atomic E-state index is 12.6. The Morgan fingerprint density at radius 2 is 1.81 bits per heavy atom. The largest absolute Gasteiger partial charge is 0.336 e. The normalized spacial score (nSPS) is 16.9. The van der Waals surface area contributed by atoms with Crippen molar-refractivity contribution in [2.45, 2.75) is 33.2 Å². The molecule has 1 amide bonds. The Hall–Kier alpha value is -1.59. The number of hydrogen-bond acceptors (Lipinski definition) is 4. The van der Waals surface area contributed by atoms with Crippen LogP contribution in [0.2, 0.25) is 0 Å². The number of piperazine rings is 1. The van der Waals surface area contributed by atoms with Crippen molar-refractivity contribution >= 4 is 11.6 Å². The van der Waals surface area contributed by atoms with Crippen LogP contribution < -0.4 is 11.3 Å². The van der Waals surface area contributed by atoms with Gasteiger partial charge < -0.3 is 10.3 Å². The lowest BCUT2D eigenvalue weighted by molar-refractivity contribution is 0.0451. The minimum Gasteiger partial charge on any atom is -0.336 e. The molecular formula is C16H26N4O. The third-order valence-electron chi connectivity index (χ3n) is 4.14. The molecule has 2 rings (SSSR count). The first-order valence-corrected chi connectivity index (χ1v) is 7.44. The molecule has 5 heteroatoms. The second-order valence-electron chi connectivity index (χ2n) is 6.62. The highest BCUT2D eigenvalue weighted by Gasteiger charge is 2.28. The number of aryl methyl sites for hydroxylation is 1. The van der Waals surface area contributed by atoms with E-state index in [4.69, 9.17) is 5.84 Å². The van der Waals surface area contributed by atoms with Crippen LogP contribution in [0.25, 0.3) is 0 Å². The smallest absolute Gasteiger partial charge is 0.253 e. The van der Waals surface area contributed by atoms with Crippen molar-refractivity contribution in [3.8, 4) is 0 Å². The van der Waals surface area contributed by atoms with Crippen molar-refractivity contribution in [1.82, 2.24) is 9.80 Å². The molecule has 0 bridgehead atoms. The van der Waals surface area contributed by atoms with Gasteiger partial charge in [0.1, 0.15) is 0 Å². The summed E-state index contributed by atoms with van der Waals surface area (Å²) in [7, 11) is 0. The average Bonchev–Trinajstić information content (AvgIpc) is 2.45. The molecule has 1 aliphatic heterocycles. The van der Waals surface area contributed by atoms with Gasteiger partial charge in [-0.2, -0.15) is 0 Å². The van der Waals surface area contributed by atoms with Crippen molar-refractivity contribution in [1.29, 1.82) is 0 Å². The number of hydrogen-bond donors (Lipinski definition) is 2. The molecule has 0 aromatic heterocycles. The predicted octanol–water partition coefficient (Wildman–Crippen LogP) is 1.84. The highest BCUT2D eigenvalue weighted by atomic mass is 16.2. The van der Waals surface area contributed by atoms with E-state index in [2.05, 4.69) is 31.1 Å². The van der Waals surface area contributed by atoms with Crippen LogP contribution in [0.1, 0.15) is 36.7 Å². The van der Waals surface area contributed by atoms with Crippen molar-refractivity contribution in [2.75, 3.05) is 31.6 Å². The van der Waals surface area contributed by atoms with Crippen molar-refractivity contribution < 1.29 is 4.79 Å². The third kappa shape index (κ3) is 3.54. The van der Waals surface area contributed by atoms with Crippen LogP contribution in [0.15, 0.2) is 18.2 Å². The number of hydrazine groups is 1. The summed E-state index contributed by atoms with van der Waals surface area (Å²) < 4.78 is 0. The average molecular weight is 290 g/mol. The third-order valence-corrected chi connectivity index (χ3v) is 4.14. The molecule has 3 N–H and O–H groups in total. The fraction of sp³-hybridized carbons (Fsp3) is 0.562. The summed E-state index contributed by atoms with van der Waals surface area (Å²) in [6.07, 6.45) is 0. The van der Waals surface area contributed by atoms with E-state index in [9.17, 15) is 4.79 Å². The molecule has 0 atom stereocenters. The number of nitrogens with one attached hydrogen (secondary N) is 1. The van der Waals surface area contributed by atoms with E-state index in [1.165, 1.54) is 0 Å². The molecule has 0 aliphatic carbocycles. The Labute approximate surface area is 127 Å². The minimum atomic E-state index is 0.107. The van der Waals surface area contributed by atoms with E-state index >= 15 is 0 Å². The van der Waals surface area contributed by atoms with Crippen LogP contribution in [0.3, 0.4) is 0 Å². The quantitative estimate of drug-likeness (QED) is 0.644. The van der Waals surface area contributed by atoms with Crippen LogP contribution >= 0.6 is 0 Å². The van der Waals surface area contributed by atoms with Gasteiger partial charge in [0.15, 0.2) is 0 Å². The van der Waals surface area contributed by atoms with E-state index in [1.54, 1.807) is 0 Å². The molecule has 0 saturated carbocycles. The highest BCUT2D eigenvalue weighted by molar-refractivity contribution is 5.95. The second-order valence-corrected chi connectivity index (χ2v) is 6.62. The van der Waals surface area contributed by atoms with Gasteiger partial charge in [0.05, 0.1) is 5.69 Å². The monoisotopic (exact) mass is 290 g/mol. The minimum absolute atomic E-state index is 0.107. The number of nitrogen functional groups attached to an aromatic ring is 1. The summed E-state index contributed by atoms with van der Waals surface area (Å²) in [6.45, 7) is 12.0. The zero-order valence-corrected chi connectivity index (χ0v) is 13.4. The van der Waals surface area contributed by atoms with E-state index < -0.39 is 0 Å². The molecule has 1 aromatic rings. The van der Waals surface area contributed by atoms with E-state index in [0.29, 0.717) is 0 Å². The van der Waals surface area contributed by atoms with Crippen LogP contribution in [0, 0.1) is 6.92 Å². The second kappa shape index (κ2) is 6.03. The standard InChI is InChI=1S/C16H26N4O/c1-12-11-13(5-6-14(12)18-17)15(21)19-7-9-20(10-8-19)16(2,3)4/h5-6,11,18H,7-10,17H2,1-4H3. The molecule has 1 fully saturated rings. The number of anilines is 1. The molecule has 1 heterocycles. The van der Waals surface area contributed by atoms with Crippen LogP contribution in [-0.4, -0.2) is 47.4 Å². The molecule has 0 unspecified atom stereocenters. The topological polar surface area (TPSA) is 61.6 Å². The molecule has 1 aromatic carbocycles. The first-order chi connectivity index (χ1) is 9.82. The van der Waals surface area contributed by atoms with Crippen LogP contribution in [-0.2, 0) is 0 Å². The van der Waals surface area contributed by atoms with Gasteiger partial charge in [-0.1, -0.05) is 0 Å². The van der Waals surface area contributed by atoms with Gasteiger partial charge in [-0.3, -0.25) is 15.5 Å². The van der Waals surface area contributed by atoms with Crippen LogP contribution in [0.5, 0.6) is 0 Å². The molecular weight excluding hydrogens is 264 g/mol. The van der Waals surface area contributed by atoms with Crippen LogP contribution in [0.4, 0.5) is 5.69 Å². The number of nitrogens with zero attached hydrogens (tertiary/aromatic N) is 2. The summed E-state index contributed by atoms with van der Waals surface area (Å²) >= 11 is 0. The van der Waals surface area contributed by atoms with Gasteiger partial charge in [-0.15, -0.1) is 0 Å². The van der Waals surface area contributed by atoms with E-state index in [0.717, 1.165) is 43.0 Å². The highest BCUT2D eigenvalue weighted by Crippen LogP contribution is 2.19. The number of benzene rings is 1. The van der Waals surface area contributed by atoms with Gasteiger partial charge in [0.2, 0.25) is 0 Å². The number of nitrogens with two attached hydrogens (primary N) is 1. The SMILES string of the molecule is Cc1cc(C(=O)N2CCN(C(C)(C)C)CC2)ccc1NN. The maximum Gasteiger partial charge on any atom is 0.253 e. The Morgan fingerprint density at radius 1 is 1.19 bits per heavy atom. The molecule has 1 saturated heterocycles. The lowest BCUT2D eigenvalue weighted by Gasteiger charge is -2.42. The summed E-state index contributed by atoms with van der Waals surface area (Å²) in [5.74, 6) is 5.53. The predicted molar refractivity (Wildman–Crippen MR) is 86.2 cm³/mol. The summed E-state index contributed by atoms with van der Waals surface area (Å²) in [5.41, 5.74) is 5.36. The Bertz CT molecular complexity index is 513. The fourth-order valence-electron chi connectivity index (χ4n) is 2.72. The van der Waals surface area contributed by atoms with Gasteiger partial charge in [0, 0.05) is 37.3 Å². The Kier molecular flexibility index (Phi) is 4.54. The molecule has 0 radical (unpaired) electrons. The molecule has 0 spiro atoms. The van der Waals surface area contributed by atoms with Gasteiger partial charge in [-0.25, -0.2) is 0 Å². The number of amides is 1. The van der Waals surface area contributed by atoms with Crippen molar-refractivity contribution in [3.63, 3.8) is 0 Å². The molecule has 5 nitrogen and oxygen atoms in total. The summed E-state index contributed by atoms with van der Waals surface area (Å²) in [5, 5.41) is 0. The number of rotatable bonds is 2. The zero-order valence-electron chi connectivity index (χ0n) is 13.4. The maximum atomic E-state index is 12.6. The first-order valence-electron chi connectivity index (χ1n) is 7.44. The van der Waals surface area contributed by atoms with Gasteiger partial charge in [-0.05, 0) is 51.5 Å². The van der Waals surface area contributed by atoms with Gasteiger partial charge >= 0.3 is 0 Å². The summed E-state index contributed by atoms with van der Waals surface area (Å²) in [6, 6.07) is 5.59. The van der Waals surface area contributed by atoms with Crippen molar-refractivity contribution in [2.24, 2.45) is 5.84 Å². The van der Waals surface area contributed by atoms with Crippen molar-refractivity contribution in [3.05, 3.63) is 29.3 Å². The van der Waals surface area contributed by atoms with Gasteiger partial charge in [0.25, 0.3) is 5.91 Å².